The van der Waals surface area contributed by atoms with Crippen LogP contribution in [-0.4, -0.2) is 12.6 Å². The molecule has 0 fully saturated rings. The van der Waals surface area contributed by atoms with Crippen molar-refractivity contribution >= 4 is 5.97 Å². The second-order valence-corrected chi connectivity index (χ2v) is 1.46. The van der Waals surface area contributed by atoms with Crippen LogP contribution in [-0.2, 0) is 9.53 Å². The van der Waals surface area contributed by atoms with E-state index in [1.807, 2.05) is 0 Å². The van der Waals surface area contributed by atoms with Crippen molar-refractivity contribution in [3.8, 4) is 0 Å². The maximum Gasteiger partial charge on any atom is 0.353 e. The summed E-state index contributed by atoms with van der Waals surface area (Å²) < 4.78 is 4.56. The highest BCUT2D eigenvalue weighted by Gasteiger charge is 2.01. The summed E-state index contributed by atoms with van der Waals surface area (Å²) >= 11 is 0. The van der Waals surface area contributed by atoms with Crippen LogP contribution in [0.15, 0.2) is 11.8 Å². The Morgan fingerprint density at radius 3 is 2.67 bits per heavy atom. The number of rotatable bonds is 2. The topological polar surface area (TPSA) is 52.3 Å². The smallest absolute Gasteiger partial charge is 0.353 e. The second-order valence-electron chi connectivity index (χ2n) is 1.46. The Morgan fingerprint density at radius 1 is 1.78 bits per heavy atom. The van der Waals surface area contributed by atoms with Crippen LogP contribution in [0.3, 0.4) is 0 Å². The Balaban J connectivity index is 3.74. The van der Waals surface area contributed by atoms with E-state index in [0.717, 1.165) is 0 Å². The number of allylic oxidation sites excluding steroid dienone is 1. The van der Waals surface area contributed by atoms with Crippen molar-refractivity contribution in [2.24, 2.45) is 5.73 Å². The molecule has 0 atom stereocenters. The van der Waals surface area contributed by atoms with Crippen LogP contribution in [0.25, 0.3) is 0 Å². The maximum absolute atomic E-state index is 10.6. The summed E-state index contributed by atoms with van der Waals surface area (Å²) in [6, 6.07) is 0. The minimum Gasteiger partial charge on any atom is -0.461 e. The first kappa shape index (κ1) is 8.01. The van der Waals surface area contributed by atoms with Gasteiger partial charge in [0.05, 0.1) is 6.61 Å². The minimum atomic E-state index is -0.444. The van der Waals surface area contributed by atoms with Gasteiger partial charge in [-0.15, -0.1) is 0 Å². The zero-order valence-electron chi connectivity index (χ0n) is 5.68. The van der Waals surface area contributed by atoms with E-state index in [-0.39, 0.29) is 5.70 Å². The van der Waals surface area contributed by atoms with Gasteiger partial charge in [0.15, 0.2) is 0 Å². The van der Waals surface area contributed by atoms with Crippen LogP contribution in [0, 0.1) is 0 Å². The van der Waals surface area contributed by atoms with Crippen LogP contribution in [0.5, 0.6) is 0 Å². The van der Waals surface area contributed by atoms with Crippen molar-refractivity contribution in [1.82, 2.24) is 0 Å². The van der Waals surface area contributed by atoms with E-state index in [9.17, 15) is 4.79 Å². The van der Waals surface area contributed by atoms with Gasteiger partial charge < -0.3 is 10.5 Å². The fourth-order valence-corrected chi connectivity index (χ4v) is 0.332. The van der Waals surface area contributed by atoms with E-state index in [0.29, 0.717) is 6.61 Å². The second kappa shape index (κ2) is 3.95. The lowest BCUT2D eigenvalue weighted by molar-refractivity contribution is -0.138. The number of esters is 1. The Bertz CT molecular complexity index is 129. The molecule has 0 aliphatic rings. The van der Waals surface area contributed by atoms with E-state index in [4.69, 9.17) is 5.73 Å². The number of ether oxygens (including phenoxy) is 1. The van der Waals surface area contributed by atoms with E-state index >= 15 is 0 Å². The third-order valence-corrected chi connectivity index (χ3v) is 0.822. The standard InChI is InChI=1S/C6H11NO2/c1-3-5(7)6(8)9-4-2/h3H,4,7H2,1-2H3/b5-3-. The van der Waals surface area contributed by atoms with Gasteiger partial charge in [0.1, 0.15) is 5.70 Å². The normalized spacial score (nSPS) is 11.1. The predicted octanol–water partition coefficient (Wildman–Crippen LogP) is 0.412. The van der Waals surface area contributed by atoms with E-state index in [1.54, 1.807) is 13.8 Å². The molecule has 3 heteroatoms. The van der Waals surface area contributed by atoms with Crippen molar-refractivity contribution in [1.29, 1.82) is 0 Å². The summed E-state index contributed by atoms with van der Waals surface area (Å²) in [5.74, 6) is -0.444. The average Bonchev–Trinajstić information content (AvgIpc) is 1.87. The zero-order chi connectivity index (χ0) is 7.28. The molecular formula is C6H11NO2. The van der Waals surface area contributed by atoms with Crippen LogP contribution in [0.1, 0.15) is 13.8 Å². The first-order chi connectivity index (χ1) is 4.22. The molecule has 0 aromatic heterocycles. The van der Waals surface area contributed by atoms with E-state index in [2.05, 4.69) is 4.74 Å². The third-order valence-electron chi connectivity index (χ3n) is 0.822. The van der Waals surface area contributed by atoms with Crippen LogP contribution in [0.2, 0.25) is 0 Å². The van der Waals surface area contributed by atoms with Crippen LogP contribution in [0.4, 0.5) is 0 Å². The number of nitrogens with two attached hydrogens (primary N) is 1. The van der Waals surface area contributed by atoms with Crippen LogP contribution < -0.4 is 5.73 Å². The summed E-state index contributed by atoms with van der Waals surface area (Å²) in [5.41, 5.74) is 5.35. The van der Waals surface area contributed by atoms with Crippen molar-refractivity contribution in [2.45, 2.75) is 13.8 Å². The van der Waals surface area contributed by atoms with E-state index < -0.39 is 5.97 Å². The molecule has 0 radical (unpaired) electrons. The highest BCUT2D eigenvalue weighted by atomic mass is 16.5. The number of hydrogen-bond acceptors (Lipinski definition) is 3. The summed E-state index contributed by atoms with van der Waals surface area (Å²) in [6.07, 6.45) is 1.51. The maximum atomic E-state index is 10.6. The molecule has 0 bridgehead atoms. The van der Waals surface area contributed by atoms with Crippen molar-refractivity contribution < 1.29 is 9.53 Å². The Morgan fingerprint density at radius 2 is 2.33 bits per heavy atom. The molecule has 0 saturated heterocycles. The minimum absolute atomic E-state index is 0.164. The fourth-order valence-electron chi connectivity index (χ4n) is 0.332. The predicted molar refractivity (Wildman–Crippen MR) is 34.6 cm³/mol. The summed E-state index contributed by atoms with van der Waals surface area (Å²) in [4.78, 5) is 10.6. The van der Waals surface area contributed by atoms with Crippen molar-refractivity contribution in [2.75, 3.05) is 6.61 Å². The summed E-state index contributed by atoms with van der Waals surface area (Å²) in [7, 11) is 0. The lowest BCUT2D eigenvalue weighted by Crippen LogP contribution is -2.13. The monoisotopic (exact) mass is 129 g/mol. The Hall–Kier alpha value is -0.990. The van der Waals surface area contributed by atoms with Gasteiger partial charge in [-0.2, -0.15) is 0 Å². The van der Waals surface area contributed by atoms with Crippen molar-refractivity contribution in [3.05, 3.63) is 11.8 Å². The molecular weight excluding hydrogens is 118 g/mol. The van der Waals surface area contributed by atoms with Gasteiger partial charge in [0.25, 0.3) is 0 Å². The van der Waals surface area contributed by atoms with Gasteiger partial charge in [-0.1, -0.05) is 6.08 Å². The number of carbonyl (C=O) groups excluding carboxylic acids is 1. The van der Waals surface area contributed by atoms with Gasteiger partial charge in [-0.25, -0.2) is 4.79 Å². The highest BCUT2D eigenvalue weighted by Crippen LogP contribution is 1.87. The SMILES string of the molecule is C/C=C(\N)C(=O)OCC. The highest BCUT2D eigenvalue weighted by molar-refractivity contribution is 5.87. The lowest BCUT2D eigenvalue weighted by atomic mass is 10.4. The lowest BCUT2D eigenvalue weighted by Gasteiger charge is -1.98. The van der Waals surface area contributed by atoms with Crippen molar-refractivity contribution in [3.63, 3.8) is 0 Å². The molecule has 52 valence electrons. The first-order valence-electron chi connectivity index (χ1n) is 2.81. The van der Waals surface area contributed by atoms with Gasteiger partial charge in [-0.05, 0) is 13.8 Å². The van der Waals surface area contributed by atoms with E-state index in [1.165, 1.54) is 6.08 Å². The largest absolute Gasteiger partial charge is 0.461 e. The molecule has 9 heavy (non-hydrogen) atoms. The molecule has 0 aliphatic heterocycles. The molecule has 0 amide bonds. The molecule has 0 rings (SSSR count). The molecule has 0 heterocycles. The van der Waals surface area contributed by atoms with Crippen LogP contribution >= 0.6 is 0 Å². The molecule has 0 aromatic rings. The zero-order valence-corrected chi connectivity index (χ0v) is 5.68. The van der Waals surface area contributed by atoms with Gasteiger partial charge in [0.2, 0.25) is 0 Å². The molecule has 0 unspecified atom stereocenters. The third kappa shape index (κ3) is 2.74. The molecule has 0 spiro atoms. The number of carbonyl (C=O) groups is 1. The summed E-state index contributed by atoms with van der Waals surface area (Å²) in [5, 5.41) is 0. The molecule has 2 N–H and O–H groups in total. The first-order valence-corrected chi connectivity index (χ1v) is 2.81. The summed E-state index contributed by atoms with van der Waals surface area (Å²) in [6.45, 7) is 3.79. The average molecular weight is 129 g/mol. The molecule has 0 saturated carbocycles. The van der Waals surface area contributed by atoms with Gasteiger partial charge >= 0.3 is 5.97 Å². The fraction of sp³-hybridized carbons (Fsp3) is 0.500. The Labute approximate surface area is 54.5 Å². The molecule has 0 aromatic carbocycles. The van der Waals surface area contributed by atoms with Gasteiger partial charge in [-0.3, -0.25) is 0 Å². The molecule has 0 aliphatic carbocycles. The molecule has 3 nitrogen and oxygen atoms in total. The Kier molecular flexibility index (Phi) is 3.51. The quantitative estimate of drug-likeness (QED) is 0.434. The van der Waals surface area contributed by atoms with Gasteiger partial charge in [0, 0.05) is 0 Å². The number of hydrogen-bond donors (Lipinski definition) is 1.